The number of nitrogens with zero attached hydrogens (tertiary/aromatic N) is 1. The summed E-state index contributed by atoms with van der Waals surface area (Å²) in [6, 6.07) is 12.1. The number of amides is 1. The molecular weight excluding hydrogens is 326 g/mol. The van der Waals surface area contributed by atoms with E-state index in [1.54, 1.807) is 36.4 Å². The lowest BCUT2D eigenvalue weighted by molar-refractivity contribution is -0.114. The average Bonchev–Trinajstić information content (AvgIpc) is 2.93. The first-order valence-electron chi connectivity index (χ1n) is 6.06. The van der Waals surface area contributed by atoms with Crippen LogP contribution in [0.25, 0.3) is 16.5 Å². The third-order valence-electron chi connectivity index (χ3n) is 2.66. The lowest BCUT2D eigenvalue weighted by Gasteiger charge is -2.01. The molecule has 0 radical (unpaired) electrons. The second-order valence-electron chi connectivity index (χ2n) is 4.14. The van der Waals surface area contributed by atoms with Gasteiger partial charge in [-0.1, -0.05) is 23.9 Å². The lowest BCUT2D eigenvalue weighted by atomic mass is 10.2. The molecular formula is C15H10F2N2OS2. The number of carbonyl (C=O) groups excluding carboxylic acids is 1. The summed E-state index contributed by atoms with van der Waals surface area (Å²) in [6.45, 7) is 0. The predicted molar refractivity (Wildman–Crippen MR) is 84.4 cm³/mol. The van der Waals surface area contributed by atoms with E-state index in [9.17, 15) is 13.6 Å². The molecule has 7 heteroatoms. The zero-order chi connectivity index (χ0) is 16.1. The number of hydrogen-bond donors (Lipinski definition) is 1. The van der Waals surface area contributed by atoms with E-state index in [0.717, 1.165) is 15.3 Å². The van der Waals surface area contributed by atoms with Crippen molar-refractivity contribution in [3.05, 3.63) is 46.8 Å². The van der Waals surface area contributed by atoms with Crippen LogP contribution < -0.4 is 5.73 Å². The van der Waals surface area contributed by atoms with Crippen LogP contribution in [0.15, 0.2) is 46.9 Å². The van der Waals surface area contributed by atoms with Gasteiger partial charge in [-0.2, -0.15) is 14.0 Å². The molecule has 0 saturated heterocycles. The van der Waals surface area contributed by atoms with Gasteiger partial charge in [-0.3, -0.25) is 4.79 Å². The third kappa shape index (κ3) is 4.16. The Morgan fingerprint density at radius 1 is 1.27 bits per heavy atom. The first-order chi connectivity index (χ1) is 10.5. The Bertz CT molecular complexity index is 746. The highest BCUT2D eigenvalue weighted by atomic mass is 32.2. The number of rotatable bonds is 5. The molecule has 1 aromatic carbocycles. The molecule has 0 spiro atoms. The minimum absolute atomic E-state index is 0.114. The largest absolute Gasteiger partial charge is 0.365 e. The summed E-state index contributed by atoms with van der Waals surface area (Å²) in [5.41, 5.74) is 5.84. The fourth-order valence-corrected chi connectivity index (χ4v) is 3.14. The summed E-state index contributed by atoms with van der Waals surface area (Å²) in [4.78, 5) is 13.1. The van der Waals surface area contributed by atoms with Gasteiger partial charge in [0.1, 0.15) is 11.6 Å². The molecule has 2 rings (SSSR count). The van der Waals surface area contributed by atoms with Gasteiger partial charge in [-0.25, -0.2) is 0 Å². The summed E-state index contributed by atoms with van der Waals surface area (Å²) in [5, 5.41) is 8.81. The second kappa shape index (κ2) is 7.20. The maximum atomic E-state index is 12.3. The van der Waals surface area contributed by atoms with E-state index in [4.69, 9.17) is 11.0 Å². The molecule has 0 unspecified atom stereocenters. The van der Waals surface area contributed by atoms with Crippen LogP contribution in [0.2, 0.25) is 0 Å². The zero-order valence-corrected chi connectivity index (χ0v) is 12.8. The van der Waals surface area contributed by atoms with Crippen molar-refractivity contribution >= 4 is 35.1 Å². The van der Waals surface area contributed by atoms with Crippen LogP contribution in [0.1, 0.15) is 4.88 Å². The number of benzene rings is 1. The number of thiophene rings is 1. The van der Waals surface area contributed by atoms with Crippen LogP contribution in [-0.4, -0.2) is 11.7 Å². The number of carbonyl (C=O) groups is 1. The predicted octanol–water partition coefficient (Wildman–Crippen LogP) is 4.12. The summed E-state index contributed by atoms with van der Waals surface area (Å²) in [5.74, 6) is -3.21. The van der Waals surface area contributed by atoms with Crippen molar-refractivity contribution in [1.82, 2.24) is 0 Å². The minimum atomic E-state index is -2.44. The Balaban J connectivity index is 2.21. The number of hydrogen-bond acceptors (Lipinski definition) is 4. The average molecular weight is 336 g/mol. The molecule has 2 N–H and O–H groups in total. The van der Waals surface area contributed by atoms with E-state index in [1.165, 1.54) is 17.4 Å². The van der Waals surface area contributed by atoms with Crippen molar-refractivity contribution in [1.29, 1.82) is 5.26 Å². The van der Waals surface area contributed by atoms with Crippen LogP contribution in [0.3, 0.4) is 0 Å². The van der Waals surface area contributed by atoms with Gasteiger partial charge in [0.2, 0.25) is 0 Å². The fourth-order valence-electron chi connectivity index (χ4n) is 1.69. The molecule has 1 heterocycles. The number of nitrogens with two attached hydrogens (primary N) is 1. The normalized spacial score (nSPS) is 11.5. The topological polar surface area (TPSA) is 66.9 Å². The maximum Gasteiger partial charge on any atom is 0.288 e. The first kappa shape index (κ1) is 16.2. The van der Waals surface area contributed by atoms with Gasteiger partial charge in [0.15, 0.2) is 0 Å². The van der Waals surface area contributed by atoms with Gasteiger partial charge in [0.25, 0.3) is 11.7 Å². The molecule has 0 aliphatic carbocycles. The number of nitriles is 1. The summed E-state index contributed by atoms with van der Waals surface area (Å²) < 4.78 is 24.5. The Kier molecular flexibility index (Phi) is 5.31. The highest BCUT2D eigenvalue weighted by Gasteiger charge is 2.08. The second-order valence-corrected chi connectivity index (χ2v) is 6.32. The van der Waals surface area contributed by atoms with Crippen LogP contribution in [0, 0.1) is 11.3 Å². The third-order valence-corrected chi connectivity index (χ3v) is 4.47. The van der Waals surface area contributed by atoms with E-state index in [1.807, 2.05) is 6.07 Å². The van der Waals surface area contributed by atoms with Crippen molar-refractivity contribution in [2.45, 2.75) is 10.7 Å². The van der Waals surface area contributed by atoms with Gasteiger partial charge in [0, 0.05) is 14.6 Å². The van der Waals surface area contributed by atoms with Crippen molar-refractivity contribution in [2.24, 2.45) is 5.73 Å². The molecule has 0 atom stereocenters. The fraction of sp³-hybridized carbons (Fsp3) is 0.0667. The minimum Gasteiger partial charge on any atom is -0.365 e. The molecule has 0 fully saturated rings. The molecule has 0 aliphatic heterocycles. The lowest BCUT2D eigenvalue weighted by Crippen LogP contribution is -2.12. The quantitative estimate of drug-likeness (QED) is 0.507. The molecule has 0 bridgehead atoms. The molecule has 1 amide bonds. The van der Waals surface area contributed by atoms with Crippen molar-refractivity contribution < 1.29 is 13.6 Å². The molecule has 3 nitrogen and oxygen atoms in total. The monoisotopic (exact) mass is 336 g/mol. The van der Waals surface area contributed by atoms with Gasteiger partial charge >= 0.3 is 0 Å². The van der Waals surface area contributed by atoms with Crippen molar-refractivity contribution in [2.75, 3.05) is 0 Å². The Labute approximate surface area is 134 Å². The molecule has 0 aliphatic rings. The van der Waals surface area contributed by atoms with E-state index in [0.29, 0.717) is 16.7 Å². The maximum absolute atomic E-state index is 12.3. The highest BCUT2D eigenvalue weighted by molar-refractivity contribution is 7.99. The van der Waals surface area contributed by atoms with E-state index in [2.05, 4.69) is 0 Å². The highest BCUT2D eigenvalue weighted by Crippen LogP contribution is 2.32. The zero-order valence-electron chi connectivity index (χ0n) is 11.1. The summed E-state index contributed by atoms with van der Waals surface area (Å²) in [6.07, 6.45) is 1.43. The van der Waals surface area contributed by atoms with Crippen LogP contribution in [-0.2, 0) is 4.79 Å². The SMILES string of the molecule is N#C/C(=C\c1ccc(-c2ccc(SC(F)F)cc2)s1)C(N)=O. The Morgan fingerprint density at radius 3 is 2.50 bits per heavy atom. The van der Waals surface area contributed by atoms with Gasteiger partial charge < -0.3 is 5.73 Å². The number of alkyl halides is 2. The van der Waals surface area contributed by atoms with Crippen LogP contribution >= 0.6 is 23.1 Å². The molecule has 2 aromatic rings. The van der Waals surface area contributed by atoms with Crippen LogP contribution in [0.4, 0.5) is 8.78 Å². The Hall–Kier alpha value is -2.17. The van der Waals surface area contributed by atoms with E-state index >= 15 is 0 Å². The summed E-state index contributed by atoms with van der Waals surface area (Å²) in [7, 11) is 0. The van der Waals surface area contributed by atoms with Gasteiger partial charge in [-0.05, 0) is 35.9 Å². The first-order valence-corrected chi connectivity index (χ1v) is 7.76. The standard InChI is InChI=1S/C15H10F2N2OS2/c16-15(17)22-11-3-1-9(2-4-11)13-6-5-12(21-13)7-10(8-18)14(19)20/h1-7,15H,(H2,19,20)/b10-7+. The van der Waals surface area contributed by atoms with E-state index in [-0.39, 0.29) is 5.57 Å². The van der Waals surface area contributed by atoms with Crippen LogP contribution in [0.5, 0.6) is 0 Å². The van der Waals surface area contributed by atoms with E-state index < -0.39 is 11.7 Å². The number of halogens is 2. The molecule has 1 aromatic heterocycles. The summed E-state index contributed by atoms with van der Waals surface area (Å²) >= 11 is 1.87. The smallest absolute Gasteiger partial charge is 0.288 e. The van der Waals surface area contributed by atoms with Crippen molar-refractivity contribution in [3.8, 4) is 16.5 Å². The molecule has 22 heavy (non-hydrogen) atoms. The molecule has 112 valence electrons. The van der Waals surface area contributed by atoms with Gasteiger partial charge in [-0.15, -0.1) is 11.3 Å². The van der Waals surface area contributed by atoms with Crippen molar-refractivity contribution in [3.63, 3.8) is 0 Å². The number of thioether (sulfide) groups is 1. The Morgan fingerprint density at radius 2 is 1.95 bits per heavy atom. The van der Waals surface area contributed by atoms with Gasteiger partial charge in [0.05, 0.1) is 0 Å². The number of primary amides is 1. The molecule has 0 saturated carbocycles.